The topological polar surface area (TPSA) is 60.5 Å². The van der Waals surface area contributed by atoms with Gasteiger partial charge in [-0.1, -0.05) is 12.1 Å². The fourth-order valence-electron chi connectivity index (χ4n) is 1.62. The van der Waals surface area contributed by atoms with Gasteiger partial charge in [0.1, 0.15) is 0 Å². The van der Waals surface area contributed by atoms with Crippen molar-refractivity contribution in [1.29, 1.82) is 0 Å². The van der Waals surface area contributed by atoms with Crippen molar-refractivity contribution in [2.24, 2.45) is 0 Å². The Kier molecular flexibility index (Phi) is 5.37. The first-order valence-corrected chi connectivity index (χ1v) is 7.07. The van der Waals surface area contributed by atoms with Gasteiger partial charge in [0.15, 0.2) is 18.1 Å². The summed E-state index contributed by atoms with van der Waals surface area (Å²) in [5, 5.41) is 2.80. The summed E-state index contributed by atoms with van der Waals surface area (Å²) < 4.78 is 10.6. The molecule has 106 valence electrons. The first kappa shape index (κ1) is 14.3. The summed E-state index contributed by atoms with van der Waals surface area (Å²) in [6, 6.07) is 7.24. The molecule has 0 aliphatic carbocycles. The van der Waals surface area contributed by atoms with E-state index < -0.39 is 0 Å². The van der Waals surface area contributed by atoms with E-state index >= 15 is 0 Å². The fraction of sp³-hybridized carbons (Fsp3) is 0.286. The highest BCUT2D eigenvalue weighted by Gasteiger charge is 2.06. The van der Waals surface area contributed by atoms with Gasteiger partial charge in [0, 0.05) is 24.0 Å². The van der Waals surface area contributed by atoms with E-state index in [2.05, 4.69) is 10.3 Å². The Hall–Kier alpha value is -2.08. The third-order valence-corrected chi connectivity index (χ3v) is 3.44. The number of benzene rings is 1. The van der Waals surface area contributed by atoms with Crippen LogP contribution in [0.4, 0.5) is 0 Å². The molecule has 0 spiro atoms. The summed E-state index contributed by atoms with van der Waals surface area (Å²) in [6.07, 6.45) is 2.59. The van der Waals surface area contributed by atoms with E-state index in [4.69, 9.17) is 9.47 Å². The summed E-state index contributed by atoms with van der Waals surface area (Å²) in [4.78, 5) is 16.8. The minimum absolute atomic E-state index is 0.0247. The van der Waals surface area contributed by atoms with Crippen LogP contribution < -0.4 is 14.8 Å². The number of ether oxygens (including phenoxy) is 2. The minimum Gasteiger partial charge on any atom is -0.493 e. The molecule has 20 heavy (non-hydrogen) atoms. The number of aromatic nitrogens is 1. The number of para-hydroxylation sites is 2. The summed E-state index contributed by atoms with van der Waals surface area (Å²) in [6.45, 7) is 0.555. The van der Waals surface area contributed by atoms with E-state index in [9.17, 15) is 4.79 Å². The van der Waals surface area contributed by atoms with Gasteiger partial charge in [-0.2, -0.15) is 0 Å². The van der Waals surface area contributed by atoms with E-state index in [1.54, 1.807) is 36.1 Å². The number of thiazole rings is 1. The molecular weight excluding hydrogens is 276 g/mol. The molecule has 1 amide bonds. The van der Waals surface area contributed by atoms with Crippen LogP contribution in [0, 0.1) is 0 Å². The van der Waals surface area contributed by atoms with E-state index in [0.717, 1.165) is 11.3 Å². The molecule has 0 saturated carbocycles. The van der Waals surface area contributed by atoms with Gasteiger partial charge in [0.25, 0.3) is 5.91 Å². The zero-order valence-electron chi connectivity index (χ0n) is 11.2. The van der Waals surface area contributed by atoms with Crippen molar-refractivity contribution in [3.63, 3.8) is 0 Å². The lowest BCUT2D eigenvalue weighted by Crippen LogP contribution is -2.30. The van der Waals surface area contributed by atoms with Crippen LogP contribution in [-0.2, 0) is 11.2 Å². The second-order valence-corrected chi connectivity index (χ2v) is 4.98. The van der Waals surface area contributed by atoms with Gasteiger partial charge in [-0.25, -0.2) is 0 Å². The number of methoxy groups -OCH3 is 1. The van der Waals surface area contributed by atoms with Crippen molar-refractivity contribution >= 4 is 17.2 Å². The summed E-state index contributed by atoms with van der Waals surface area (Å²) in [7, 11) is 1.57. The summed E-state index contributed by atoms with van der Waals surface area (Å²) >= 11 is 1.58. The number of carbonyl (C=O) groups excluding carboxylic acids is 1. The lowest BCUT2D eigenvalue weighted by Gasteiger charge is -2.10. The van der Waals surface area contributed by atoms with Crippen molar-refractivity contribution < 1.29 is 14.3 Å². The molecule has 0 saturated heterocycles. The maximum absolute atomic E-state index is 11.7. The molecule has 1 heterocycles. The SMILES string of the molecule is COc1ccccc1OCC(=O)NCCc1cncs1. The molecule has 5 nitrogen and oxygen atoms in total. The molecule has 0 radical (unpaired) electrons. The third kappa shape index (κ3) is 4.24. The highest BCUT2D eigenvalue weighted by molar-refractivity contribution is 7.09. The second kappa shape index (κ2) is 7.49. The monoisotopic (exact) mass is 292 g/mol. The lowest BCUT2D eigenvalue weighted by atomic mass is 10.3. The Balaban J connectivity index is 1.72. The number of hydrogen-bond acceptors (Lipinski definition) is 5. The molecule has 0 atom stereocenters. The molecule has 6 heteroatoms. The van der Waals surface area contributed by atoms with Crippen molar-refractivity contribution in [1.82, 2.24) is 10.3 Å². The number of nitrogens with one attached hydrogen (secondary N) is 1. The van der Waals surface area contributed by atoms with Crippen LogP contribution in [0.1, 0.15) is 4.88 Å². The maximum atomic E-state index is 11.7. The quantitative estimate of drug-likeness (QED) is 0.846. The van der Waals surface area contributed by atoms with E-state index in [1.807, 2.05) is 18.3 Å². The Labute approximate surface area is 121 Å². The Morgan fingerprint density at radius 2 is 2.15 bits per heavy atom. The van der Waals surface area contributed by atoms with Crippen LogP contribution >= 0.6 is 11.3 Å². The molecule has 1 aromatic carbocycles. The average molecular weight is 292 g/mol. The number of carbonyl (C=O) groups is 1. The molecular formula is C14H16N2O3S. The van der Waals surface area contributed by atoms with E-state index in [-0.39, 0.29) is 12.5 Å². The Morgan fingerprint density at radius 1 is 1.35 bits per heavy atom. The first-order chi connectivity index (χ1) is 9.79. The molecule has 0 aliphatic rings. The lowest BCUT2D eigenvalue weighted by molar-refractivity contribution is -0.123. The van der Waals surface area contributed by atoms with Crippen LogP contribution in [0.25, 0.3) is 0 Å². The molecule has 2 rings (SSSR count). The zero-order chi connectivity index (χ0) is 14.2. The predicted molar refractivity (Wildman–Crippen MR) is 77.3 cm³/mol. The molecule has 2 aromatic rings. The van der Waals surface area contributed by atoms with Crippen LogP contribution in [0.2, 0.25) is 0 Å². The summed E-state index contributed by atoms with van der Waals surface area (Å²) in [5.41, 5.74) is 1.78. The first-order valence-electron chi connectivity index (χ1n) is 6.19. The fourth-order valence-corrected chi connectivity index (χ4v) is 2.22. The van der Waals surface area contributed by atoms with Crippen molar-refractivity contribution in [2.75, 3.05) is 20.3 Å². The number of amides is 1. The zero-order valence-corrected chi connectivity index (χ0v) is 12.0. The van der Waals surface area contributed by atoms with Crippen molar-refractivity contribution in [3.05, 3.63) is 40.8 Å². The van der Waals surface area contributed by atoms with Gasteiger partial charge in [0.05, 0.1) is 12.6 Å². The molecule has 0 unspecified atom stereocenters. The molecule has 0 bridgehead atoms. The van der Waals surface area contributed by atoms with Crippen LogP contribution in [0.15, 0.2) is 36.0 Å². The second-order valence-electron chi connectivity index (χ2n) is 4.01. The Bertz CT molecular complexity index is 543. The molecule has 0 aliphatic heterocycles. The molecule has 1 aromatic heterocycles. The van der Waals surface area contributed by atoms with Crippen LogP contribution in [0.5, 0.6) is 11.5 Å². The van der Waals surface area contributed by atoms with Gasteiger partial charge in [-0.3, -0.25) is 9.78 Å². The van der Waals surface area contributed by atoms with Crippen LogP contribution in [0.3, 0.4) is 0 Å². The molecule has 0 fully saturated rings. The molecule has 1 N–H and O–H groups in total. The number of nitrogens with zero attached hydrogens (tertiary/aromatic N) is 1. The largest absolute Gasteiger partial charge is 0.493 e. The highest BCUT2D eigenvalue weighted by atomic mass is 32.1. The van der Waals surface area contributed by atoms with Gasteiger partial charge in [-0.05, 0) is 12.1 Å². The standard InChI is InChI=1S/C14H16N2O3S/c1-18-12-4-2-3-5-13(12)19-9-14(17)16-7-6-11-8-15-10-20-11/h2-5,8,10H,6-7,9H2,1H3,(H,16,17). The van der Waals surface area contributed by atoms with Gasteiger partial charge < -0.3 is 14.8 Å². The predicted octanol–water partition coefficient (Wildman–Crippen LogP) is 1.89. The number of rotatable bonds is 7. The minimum atomic E-state index is -0.152. The Morgan fingerprint density at radius 3 is 2.85 bits per heavy atom. The third-order valence-electron chi connectivity index (χ3n) is 2.60. The van der Waals surface area contributed by atoms with Gasteiger partial charge in [-0.15, -0.1) is 11.3 Å². The van der Waals surface area contributed by atoms with E-state index in [1.165, 1.54) is 0 Å². The number of hydrogen-bond donors (Lipinski definition) is 1. The van der Waals surface area contributed by atoms with Crippen LogP contribution in [-0.4, -0.2) is 31.2 Å². The average Bonchev–Trinajstić information content (AvgIpc) is 2.98. The van der Waals surface area contributed by atoms with Crippen molar-refractivity contribution in [2.45, 2.75) is 6.42 Å². The van der Waals surface area contributed by atoms with Gasteiger partial charge in [0.2, 0.25) is 0 Å². The van der Waals surface area contributed by atoms with Gasteiger partial charge >= 0.3 is 0 Å². The normalized spacial score (nSPS) is 10.1. The smallest absolute Gasteiger partial charge is 0.257 e. The highest BCUT2D eigenvalue weighted by Crippen LogP contribution is 2.25. The summed E-state index contributed by atoms with van der Waals surface area (Å²) in [5.74, 6) is 1.03. The van der Waals surface area contributed by atoms with Crippen molar-refractivity contribution in [3.8, 4) is 11.5 Å². The maximum Gasteiger partial charge on any atom is 0.257 e. The van der Waals surface area contributed by atoms with E-state index in [0.29, 0.717) is 18.0 Å².